The van der Waals surface area contributed by atoms with Crippen LogP contribution in [0.15, 0.2) is 84.9 Å². The van der Waals surface area contributed by atoms with Crippen molar-refractivity contribution < 1.29 is 23.9 Å². The second-order valence-corrected chi connectivity index (χ2v) is 7.60. The highest BCUT2D eigenvalue weighted by atomic mass is 16.5. The summed E-state index contributed by atoms with van der Waals surface area (Å²) < 4.78 is 5.24. The normalized spacial score (nSPS) is 13.4. The van der Waals surface area contributed by atoms with Crippen LogP contribution in [0.2, 0.25) is 0 Å². The summed E-state index contributed by atoms with van der Waals surface area (Å²) in [5.74, 6) is -2.40. The third kappa shape index (κ3) is 4.98. The summed E-state index contributed by atoms with van der Waals surface area (Å²) in [6, 6.07) is 23.6. The van der Waals surface area contributed by atoms with Gasteiger partial charge in [0, 0.05) is 13.0 Å². The highest BCUT2D eigenvalue weighted by Gasteiger charge is 2.43. The molecule has 0 spiro atoms. The van der Waals surface area contributed by atoms with Crippen LogP contribution in [-0.2, 0) is 27.3 Å². The fourth-order valence-corrected chi connectivity index (χ4v) is 3.69. The van der Waals surface area contributed by atoms with Gasteiger partial charge < -0.3 is 10.1 Å². The molecule has 0 aromatic heterocycles. The van der Waals surface area contributed by atoms with Crippen LogP contribution in [-0.4, -0.2) is 41.2 Å². The minimum absolute atomic E-state index is 0.0801. The Kier molecular flexibility index (Phi) is 6.59. The molecule has 1 aliphatic rings. The van der Waals surface area contributed by atoms with Crippen molar-refractivity contribution in [1.29, 1.82) is 0 Å². The molecule has 3 aromatic carbocycles. The topological polar surface area (TPSA) is 92.8 Å². The fourth-order valence-electron chi connectivity index (χ4n) is 3.69. The maximum atomic E-state index is 13.0. The lowest BCUT2D eigenvalue weighted by molar-refractivity contribution is -0.152. The van der Waals surface area contributed by atoms with Gasteiger partial charge in [-0.2, -0.15) is 0 Å². The van der Waals surface area contributed by atoms with Crippen molar-refractivity contribution in [2.24, 2.45) is 0 Å². The molecule has 3 aromatic rings. The molecule has 0 radical (unpaired) electrons. The standard InChI is InChI=1S/C26H22N2O5/c29-23(27-16-19-11-5-2-6-12-19)17-33-26(32)22(15-18-9-3-1-4-10-18)28-24(30)20-13-7-8-14-21(20)25(28)31/h1-14,22H,15-17H2,(H,27,29). The second kappa shape index (κ2) is 9.91. The van der Waals surface area contributed by atoms with E-state index in [1.807, 2.05) is 36.4 Å². The molecule has 166 valence electrons. The maximum Gasteiger partial charge on any atom is 0.330 e. The number of hydrogen-bond acceptors (Lipinski definition) is 5. The molecular weight excluding hydrogens is 420 g/mol. The number of nitrogens with zero attached hydrogens (tertiary/aromatic N) is 1. The minimum Gasteiger partial charge on any atom is -0.454 e. The number of nitrogens with one attached hydrogen (secondary N) is 1. The van der Waals surface area contributed by atoms with E-state index in [4.69, 9.17) is 4.74 Å². The lowest BCUT2D eigenvalue weighted by Crippen LogP contribution is -2.47. The van der Waals surface area contributed by atoms with Gasteiger partial charge in [0.1, 0.15) is 6.04 Å². The van der Waals surface area contributed by atoms with Crippen molar-refractivity contribution in [2.45, 2.75) is 19.0 Å². The summed E-state index contributed by atoms with van der Waals surface area (Å²) in [4.78, 5) is 52.1. The number of esters is 1. The predicted molar refractivity (Wildman–Crippen MR) is 120 cm³/mol. The molecule has 0 fully saturated rings. The van der Waals surface area contributed by atoms with E-state index in [1.165, 1.54) is 0 Å². The molecule has 0 saturated carbocycles. The monoisotopic (exact) mass is 442 g/mol. The van der Waals surface area contributed by atoms with Crippen LogP contribution >= 0.6 is 0 Å². The van der Waals surface area contributed by atoms with Crippen LogP contribution in [0.25, 0.3) is 0 Å². The molecule has 0 bridgehead atoms. The molecule has 1 heterocycles. The second-order valence-electron chi connectivity index (χ2n) is 7.60. The van der Waals surface area contributed by atoms with Crippen molar-refractivity contribution in [1.82, 2.24) is 10.2 Å². The summed E-state index contributed by atoms with van der Waals surface area (Å²) in [5, 5.41) is 2.68. The first-order chi connectivity index (χ1) is 16.0. The number of carbonyl (C=O) groups is 4. The average Bonchev–Trinajstić information content (AvgIpc) is 3.11. The highest BCUT2D eigenvalue weighted by Crippen LogP contribution is 2.26. The van der Waals surface area contributed by atoms with Crippen LogP contribution in [0.1, 0.15) is 31.8 Å². The van der Waals surface area contributed by atoms with Crippen LogP contribution < -0.4 is 5.32 Å². The van der Waals surface area contributed by atoms with Crippen LogP contribution in [0.3, 0.4) is 0 Å². The van der Waals surface area contributed by atoms with Gasteiger partial charge >= 0.3 is 5.97 Å². The highest BCUT2D eigenvalue weighted by molar-refractivity contribution is 6.22. The molecule has 1 N–H and O–H groups in total. The Bertz CT molecular complexity index is 1140. The van der Waals surface area contributed by atoms with Crippen molar-refractivity contribution in [3.8, 4) is 0 Å². The van der Waals surface area contributed by atoms with Crippen molar-refractivity contribution in [3.05, 3.63) is 107 Å². The first-order valence-electron chi connectivity index (χ1n) is 10.5. The summed E-state index contributed by atoms with van der Waals surface area (Å²) in [5.41, 5.74) is 2.15. The first-order valence-corrected chi connectivity index (χ1v) is 10.5. The minimum atomic E-state index is -1.19. The molecule has 33 heavy (non-hydrogen) atoms. The number of fused-ring (bicyclic) bond motifs is 1. The third-order valence-electron chi connectivity index (χ3n) is 5.36. The molecule has 0 saturated heterocycles. The number of rotatable bonds is 8. The first kappa shape index (κ1) is 22.0. The fraction of sp³-hybridized carbons (Fsp3) is 0.154. The molecule has 7 nitrogen and oxygen atoms in total. The van der Waals surface area contributed by atoms with E-state index in [1.54, 1.807) is 48.5 Å². The van der Waals surface area contributed by atoms with Crippen LogP contribution in [0.4, 0.5) is 0 Å². The zero-order chi connectivity index (χ0) is 23.2. The van der Waals surface area contributed by atoms with E-state index in [0.717, 1.165) is 16.0 Å². The van der Waals surface area contributed by atoms with Gasteiger partial charge in [-0.15, -0.1) is 0 Å². The van der Waals surface area contributed by atoms with E-state index in [9.17, 15) is 19.2 Å². The lowest BCUT2D eigenvalue weighted by atomic mass is 10.0. The van der Waals surface area contributed by atoms with Crippen molar-refractivity contribution >= 4 is 23.7 Å². The van der Waals surface area contributed by atoms with Gasteiger partial charge in [0.05, 0.1) is 11.1 Å². The van der Waals surface area contributed by atoms with E-state index >= 15 is 0 Å². The van der Waals surface area contributed by atoms with Crippen LogP contribution in [0, 0.1) is 0 Å². The molecule has 1 unspecified atom stereocenters. The molecule has 7 heteroatoms. The van der Waals surface area contributed by atoms with E-state index < -0.39 is 36.3 Å². The van der Waals surface area contributed by atoms with E-state index in [-0.39, 0.29) is 17.5 Å². The number of hydrogen-bond donors (Lipinski definition) is 1. The summed E-state index contributed by atoms with van der Waals surface area (Å²) in [7, 11) is 0. The maximum absolute atomic E-state index is 13.0. The molecule has 1 aliphatic heterocycles. The molecule has 0 aliphatic carbocycles. The predicted octanol–water partition coefficient (Wildman–Crippen LogP) is 2.75. The number of benzene rings is 3. The summed E-state index contributed by atoms with van der Waals surface area (Å²) in [6.45, 7) is -0.219. The van der Waals surface area contributed by atoms with E-state index in [2.05, 4.69) is 5.32 Å². The van der Waals surface area contributed by atoms with Gasteiger partial charge in [0.15, 0.2) is 6.61 Å². The molecular formula is C26H22N2O5. The molecule has 3 amide bonds. The largest absolute Gasteiger partial charge is 0.454 e. The van der Waals surface area contributed by atoms with Gasteiger partial charge in [0.2, 0.25) is 0 Å². The number of imide groups is 1. The Labute approximate surface area is 191 Å². The lowest BCUT2D eigenvalue weighted by Gasteiger charge is -2.24. The quantitative estimate of drug-likeness (QED) is 0.428. The Morgan fingerprint density at radius 2 is 1.27 bits per heavy atom. The molecule has 4 rings (SSSR count). The number of amides is 3. The Morgan fingerprint density at radius 1 is 0.758 bits per heavy atom. The van der Waals surface area contributed by atoms with Gasteiger partial charge in [-0.3, -0.25) is 19.3 Å². The van der Waals surface area contributed by atoms with Crippen molar-refractivity contribution in [2.75, 3.05) is 6.61 Å². The number of ether oxygens (including phenoxy) is 1. The van der Waals surface area contributed by atoms with Crippen molar-refractivity contribution in [3.63, 3.8) is 0 Å². The average molecular weight is 442 g/mol. The van der Waals surface area contributed by atoms with Gasteiger partial charge in [0.25, 0.3) is 17.7 Å². The zero-order valence-electron chi connectivity index (χ0n) is 17.8. The van der Waals surface area contributed by atoms with Crippen LogP contribution in [0.5, 0.6) is 0 Å². The van der Waals surface area contributed by atoms with Gasteiger partial charge in [-0.25, -0.2) is 4.79 Å². The van der Waals surface area contributed by atoms with E-state index in [0.29, 0.717) is 6.54 Å². The third-order valence-corrected chi connectivity index (χ3v) is 5.36. The SMILES string of the molecule is O=C(COC(=O)C(Cc1ccccc1)N1C(=O)c2ccccc2C1=O)NCc1ccccc1. The Balaban J connectivity index is 1.47. The Hall–Kier alpha value is -4.26. The zero-order valence-corrected chi connectivity index (χ0v) is 17.8. The molecule has 1 atom stereocenters. The number of carbonyl (C=O) groups excluding carboxylic acids is 4. The summed E-state index contributed by atoms with van der Waals surface area (Å²) in [6.07, 6.45) is 0.0801. The van der Waals surface area contributed by atoms with Gasteiger partial charge in [-0.1, -0.05) is 72.8 Å². The summed E-state index contributed by atoms with van der Waals surface area (Å²) >= 11 is 0. The Morgan fingerprint density at radius 3 is 1.85 bits per heavy atom. The van der Waals surface area contributed by atoms with Gasteiger partial charge in [-0.05, 0) is 23.3 Å². The smallest absolute Gasteiger partial charge is 0.330 e.